The van der Waals surface area contributed by atoms with Crippen molar-refractivity contribution in [3.63, 3.8) is 0 Å². The van der Waals surface area contributed by atoms with Gasteiger partial charge in [-0.15, -0.1) is 0 Å². The number of nitrogens with zero attached hydrogens (tertiary/aromatic N) is 1. The molecule has 0 saturated heterocycles. The number of carboxylic acids is 1. The Kier molecular flexibility index (Phi) is 6.06. The summed E-state index contributed by atoms with van der Waals surface area (Å²) in [6.45, 7) is 1.89. The van der Waals surface area contributed by atoms with Gasteiger partial charge < -0.3 is 15.7 Å². The van der Waals surface area contributed by atoms with E-state index in [1.54, 1.807) is 6.92 Å². The third kappa shape index (κ3) is 6.19. The van der Waals surface area contributed by atoms with Crippen LogP contribution in [0.3, 0.4) is 0 Å². The summed E-state index contributed by atoms with van der Waals surface area (Å²) in [6, 6.07) is 2.02. The molecule has 21 heavy (non-hydrogen) atoms. The van der Waals surface area contributed by atoms with Gasteiger partial charge in [-0.3, -0.25) is 0 Å². The number of hydrogen-bond acceptors (Lipinski definition) is 5. The highest BCUT2D eigenvalue weighted by atomic mass is 32.2. The van der Waals surface area contributed by atoms with Gasteiger partial charge in [-0.05, 0) is 12.1 Å². The van der Waals surface area contributed by atoms with E-state index < -0.39 is 22.0 Å². The summed E-state index contributed by atoms with van der Waals surface area (Å²) in [5.74, 6) is -1.40. The highest BCUT2D eigenvalue weighted by Crippen LogP contribution is 2.05. The number of nitrogens with one attached hydrogen (secondary N) is 3. The number of aromatic nitrogens is 1. The van der Waals surface area contributed by atoms with E-state index in [1.165, 1.54) is 18.3 Å². The van der Waals surface area contributed by atoms with Gasteiger partial charge in [-0.1, -0.05) is 6.92 Å². The second-order valence-electron chi connectivity index (χ2n) is 3.93. The first-order valence-corrected chi connectivity index (χ1v) is 7.71. The molecule has 1 aromatic heterocycles. The molecule has 10 heteroatoms. The molecule has 0 aliphatic heterocycles. The van der Waals surface area contributed by atoms with Gasteiger partial charge in [0.2, 0.25) is 10.0 Å². The van der Waals surface area contributed by atoms with Crippen LogP contribution in [0.25, 0.3) is 0 Å². The van der Waals surface area contributed by atoms with Gasteiger partial charge in [-0.2, -0.15) is 0 Å². The van der Waals surface area contributed by atoms with Crippen molar-refractivity contribution in [1.82, 2.24) is 15.0 Å². The van der Waals surface area contributed by atoms with Gasteiger partial charge in [0.05, 0.1) is 17.6 Å². The second kappa shape index (κ2) is 7.55. The zero-order valence-corrected chi connectivity index (χ0v) is 12.1. The Morgan fingerprint density at radius 1 is 1.33 bits per heavy atom. The number of aromatic carboxylic acids is 1. The largest absolute Gasteiger partial charge is 0.477 e. The summed E-state index contributed by atoms with van der Waals surface area (Å²) < 4.78 is 24.9. The first-order valence-electron chi connectivity index (χ1n) is 6.05. The Bertz CT molecular complexity index is 600. The maximum Gasteiger partial charge on any atom is 0.354 e. The predicted molar refractivity (Wildman–Crippen MR) is 75.7 cm³/mol. The van der Waals surface area contributed by atoms with E-state index in [1.807, 2.05) is 0 Å². The van der Waals surface area contributed by atoms with Crippen molar-refractivity contribution in [1.29, 1.82) is 0 Å². The number of carbonyl (C=O) groups excluding carboxylic acids is 1. The van der Waals surface area contributed by atoms with Crippen LogP contribution in [0, 0.1) is 0 Å². The van der Waals surface area contributed by atoms with E-state index >= 15 is 0 Å². The van der Waals surface area contributed by atoms with E-state index in [9.17, 15) is 18.0 Å². The maximum absolute atomic E-state index is 11.5. The molecule has 0 radical (unpaired) electrons. The fourth-order valence-electron chi connectivity index (χ4n) is 1.36. The molecule has 2 amide bonds. The molecule has 0 atom stereocenters. The predicted octanol–water partition coefficient (Wildman–Crippen LogP) is -0.159. The molecule has 0 aliphatic rings. The molecule has 9 nitrogen and oxygen atoms in total. The van der Waals surface area contributed by atoms with E-state index in [0.717, 1.165) is 0 Å². The van der Waals surface area contributed by atoms with Crippen LogP contribution in [-0.4, -0.2) is 49.4 Å². The Balaban J connectivity index is 2.42. The van der Waals surface area contributed by atoms with Crippen LogP contribution < -0.4 is 15.4 Å². The van der Waals surface area contributed by atoms with E-state index in [0.29, 0.717) is 5.69 Å². The Morgan fingerprint density at radius 3 is 2.57 bits per heavy atom. The third-order valence-corrected chi connectivity index (χ3v) is 3.73. The van der Waals surface area contributed by atoms with E-state index in [2.05, 4.69) is 20.3 Å². The summed E-state index contributed by atoms with van der Waals surface area (Å²) in [4.78, 5) is 25.7. The molecule has 0 spiro atoms. The number of urea groups is 1. The van der Waals surface area contributed by atoms with Gasteiger partial charge >= 0.3 is 12.0 Å². The first-order chi connectivity index (χ1) is 9.84. The van der Waals surface area contributed by atoms with E-state index in [-0.39, 0.29) is 24.5 Å². The minimum absolute atomic E-state index is 0.0538. The number of carbonyl (C=O) groups is 2. The molecule has 4 N–H and O–H groups in total. The summed E-state index contributed by atoms with van der Waals surface area (Å²) in [6.07, 6.45) is 1.19. The van der Waals surface area contributed by atoms with Gasteiger partial charge in [0.15, 0.2) is 0 Å². The molecule has 116 valence electrons. The summed E-state index contributed by atoms with van der Waals surface area (Å²) >= 11 is 0. The number of hydrogen-bond donors (Lipinski definition) is 4. The van der Waals surface area contributed by atoms with Gasteiger partial charge in [0.1, 0.15) is 5.69 Å². The van der Waals surface area contributed by atoms with Crippen LogP contribution in [-0.2, 0) is 10.0 Å². The van der Waals surface area contributed by atoms with E-state index in [4.69, 9.17) is 5.11 Å². The zero-order valence-electron chi connectivity index (χ0n) is 11.3. The molecule has 0 saturated carbocycles. The van der Waals surface area contributed by atoms with Crippen LogP contribution in [0.5, 0.6) is 0 Å². The lowest BCUT2D eigenvalue weighted by Gasteiger charge is -2.08. The highest BCUT2D eigenvalue weighted by Gasteiger charge is 2.10. The summed E-state index contributed by atoms with van der Waals surface area (Å²) in [7, 11) is -3.39. The lowest BCUT2D eigenvalue weighted by Crippen LogP contribution is -2.36. The van der Waals surface area contributed by atoms with Crippen LogP contribution in [0.15, 0.2) is 18.3 Å². The van der Waals surface area contributed by atoms with Crippen molar-refractivity contribution in [2.75, 3.05) is 24.2 Å². The third-order valence-electron chi connectivity index (χ3n) is 2.26. The molecule has 0 aromatic carbocycles. The van der Waals surface area contributed by atoms with Crippen LogP contribution in [0.2, 0.25) is 0 Å². The van der Waals surface area contributed by atoms with Crippen molar-refractivity contribution in [2.45, 2.75) is 6.92 Å². The Morgan fingerprint density at radius 2 is 2.05 bits per heavy atom. The lowest BCUT2D eigenvalue weighted by atomic mass is 10.3. The molecule has 1 aromatic rings. The Hall–Kier alpha value is -2.20. The van der Waals surface area contributed by atoms with Crippen LogP contribution in [0.4, 0.5) is 10.5 Å². The van der Waals surface area contributed by atoms with Crippen molar-refractivity contribution < 1.29 is 23.1 Å². The number of anilines is 1. The van der Waals surface area contributed by atoms with Gasteiger partial charge in [0.25, 0.3) is 0 Å². The van der Waals surface area contributed by atoms with Crippen molar-refractivity contribution in [3.8, 4) is 0 Å². The molecule has 0 fully saturated rings. The van der Waals surface area contributed by atoms with Crippen molar-refractivity contribution in [2.24, 2.45) is 0 Å². The lowest BCUT2D eigenvalue weighted by molar-refractivity contribution is 0.0690. The molecule has 0 unspecified atom stereocenters. The summed E-state index contributed by atoms with van der Waals surface area (Å²) in [5.41, 5.74) is 0.157. The SMILES string of the molecule is CCNS(=O)(=O)CCNC(=O)Nc1ccc(C(=O)O)nc1. The normalized spacial score (nSPS) is 10.9. The number of rotatable bonds is 7. The minimum atomic E-state index is -3.39. The Labute approximate surface area is 121 Å². The standard InChI is InChI=1S/C11H16N4O5S/c1-2-14-21(19,20)6-5-12-11(18)15-8-3-4-9(10(16)17)13-7-8/h3-4,7,14H,2,5-6H2,1H3,(H,16,17)(H2,12,15,18). The fourth-order valence-corrected chi connectivity index (χ4v) is 2.32. The number of carboxylic acid groups (broad SMARTS) is 1. The molecule has 1 rings (SSSR count). The molecular weight excluding hydrogens is 300 g/mol. The molecule has 1 heterocycles. The summed E-state index contributed by atoms with van der Waals surface area (Å²) in [5, 5.41) is 13.4. The minimum Gasteiger partial charge on any atom is -0.477 e. The topological polar surface area (TPSA) is 137 Å². The van der Waals surface area contributed by atoms with Gasteiger partial charge in [-0.25, -0.2) is 27.7 Å². The number of amides is 2. The highest BCUT2D eigenvalue weighted by molar-refractivity contribution is 7.89. The second-order valence-corrected chi connectivity index (χ2v) is 5.86. The first kappa shape index (κ1) is 16.9. The number of sulfonamides is 1. The molecular formula is C11H16N4O5S. The molecule has 0 bridgehead atoms. The van der Waals surface area contributed by atoms with Crippen molar-refractivity contribution >= 4 is 27.7 Å². The average molecular weight is 316 g/mol. The quantitative estimate of drug-likeness (QED) is 0.551. The smallest absolute Gasteiger partial charge is 0.354 e. The maximum atomic E-state index is 11.5. The fraction of sp³-hybridized carbons (Fsp3) is 0.364. The zero-order chi connectivity index (χ0) is 15.9. The average Bonchev–Trinajstić information content (AvgIpc) is 2.38. The van der Waals surface area contributed by atoms with Crippen molar-refractivity contribution in [3.05, 3.63) is 24.0 Å². The molecule has 0 aliphatic carbocycles. The van der Waals surface area contributed by atoms with Gasteiger partial charge in [0, 0.05) is 13.1 Å². The number of pyridine rings is 1. The van der Waals surface area contributed by atoms with Crippen LogP contribution >= 0.6 is 0 Å². The monoisotopic (exact) mass is 316 g/mol. The van der Waals surface area contributed by atoms with Crippen LogP contribution in [0.1, 0.15) is 17.4 Å².